The van der Waals surface area contributed by atoms with Crippen molar-refractivity contribution in [3.63, 3.8) is 0 Å². The normalized spacial score (nSPS) is 25.4. The monoisotopic (exact) mass is 284 g/mol. The highest BCUT2D eigenvalue weighted by molar-refractivity contribution is 7.89. The molecule has 1 aliphatic heterocycles. The molecule has 0 amide bonds. The van der Waals surface area contributed by atoms with E-state index in [1.807, 2.05) is 13.8 Å². The predicted octanol–water partition coefficient (Wildman–Crippen LogP) is 1.46. The zero-order chi connectivity index (χ0) is 14.0. The second-order valence-corrected chi connectivity index (χ2v) is 6.74. The number of anilines is 1. The van der Waals surface area contributed by atoms with Crippen LogP contribution in [-0.4, -0.2) is 38.0 Å². The number of ether oxygens (including phenoxy) is 1. The maximum Gasteiger partial charge on any atom is 0.243 e. The fourth-order valence-electron chi connectivity index (χ4n) is 2.20. The highest BCUT2D eigenvalue weighted by Gasteiger charge is 2.35. The average molecular weight is 284 g/mol. The standard InChI is InChI=1S/C13H20N2O3S/c1-3-12-9-18-10(2)8-15(12)19(16,17)13-6-4-11(14)5-7-13/h4-7,10,12H,3,8-9,14H2,1-2H3. The Morgan fingerprint density at radius 3 is 2.58 bits per heavy atom. The van der Waals surface area contributed by atoms with Gasteiger partial charge in [-0.25, -0.2) is 8.42 Å². The Labute approximate surface area is 114 Å². The lowest BCUT2D eigenvalue weighted by molar-refractivity contribution is -0.0230. The topological polar surface area (TPSA) is 72.6 Å². The van der Waals surface area contributed by atoms with Gasteiger partial charge in [-0.2, -0.15) is 4.31 Å². The van der Waals surface area contributed by atoms with Crippen molar-refractivity contribution < 1.29 is 13.2 Å². The third-order valence-electron chi connectivity index (χ3n) is 3.38. The van der Waals surface area contributed by atoms with E-state index < -0.39 is 10.0 Å². The number of sulfonamides is 1. The van der Waals surface area contributed by atoms with Gasteiger partial charge >= 0.3 is 0 Å². The van der Waals surface area contributed by atoms with Crippen LogP contribution in [0.2, 0.25) is 0 Å². The summed E-state index contributed by atoms with van der Waals surface area (Å²) >= 11 is 0. The molecule has 2 unspecified atom stereocenters. The number of hydrogen-bond acceptors (Lipinski definition) is 4. The van der Waals surface area contributed by atoms with Crippen LogP contribution in [0.15, 0.2) is 29.2 Å². The molecule has 0 aromatic heterocycles. The van der Waals surface area contributed by atoms with Crippen LogP contribution < -0.4 is 5.73 Å². The highest BCUT2D eigenvalue weighted by Crippen LogP contribution is 2.24. The van der Waals surface area contributed by atoms with Crippen LogP contribution in [0.5, 0.6) is 0 Å². The molecule has 0 bridgehead atoms. The maximum atomic E-state index is 12.6. The number of nitrogens with two attached hydrogens (primary N) is 1. The van der Waals surface area contributed by atoms with E-state index in [1.165, 1.54) is 0 Å². The van der Waals surface area contributed by atoms with Crippen molar-refractivity contribution in [2.45, 2.75) is 37.3 Å². The second kappa shape index (κ2) is 5.48. The van der Waals surface area contributed by atoms with Crippen molar-refractivity contribution in [2.75, 3.05) is 18.9 Å². The van der Waals surface area contributed by atoms with Crippen molar-refractivity contribution in [1.82, 2.24) is 4.31 Å². The molecule has 19 heavy (non-hydrogen) atoms. The van der Waals surface area contributed by atoms with Gasteiger partial charge in [-0.3, -0.25) is 0 Å². The fourth-order valence-corrected chi connectivity index (χ4v) is 3.96. The Kier molecular flexibility index (Phi) is 4.13. The van der Waals surface area contributed by atoms with Gasteiger partial charge in [-0.15, -0.1) is 0 Å². The molecule has 2 rings (SSSR count). The Bertz CT molecular complexity index is 527. The van der Waals surface area contributed by atoms with E-state index in [4.69, 9.17) is 10.5 Å². The summed E-state index contributed by atoms with van der Waals surface area (Å²) in [6.07, 6.45) is 0.660. The van der Waals surface area contributed by atoms with Gasteiger partial charge in [0.2, 0.25) is 10.0 Å². The summed E-state index contributed by atoms with van der Waals surface area (Å²) in [7, 11) is -3.48. The number of benzene rings is 1. The SMILES string of the molecule is CCC1COC(C)CN1S(=O)(=O)c1ccc(N)cc1. The second-order valence-electron chi connectivity index (χ2n) is 4.85. The maximum absolute atomic E-state index is 12.6. The lowest BCUT2D eigenvalue weighted by Gasteiger charge is -2.37. The number of nitrogens with zero attached hydrogens (tertiary/aromatic N) is 1. The molecule has 1 heterocycles. The minimum Gasteiger partial charge on any atom is -0.399 e. The van der Waals surface area contributed by atoms with Crippen LogP contribution in [0.3, 0.4) is 0 Å². The minimum absolute atomic E-state index is 0.0774. The lowest BCUT2D eigenvalue weighted by atomic mass is 10.2. The molecule has 5 nitrogen and oxygen atoms in total. The van der Waals surface area contributed by atoms with Crippen molar-refractivity contribution in [1.29, 1.82) is 0 Å². The molecule has 106 valence electrons. The molecule has 1 aromatic rings. The summed E-state index contributed by atoms with van der Waals surface area (Å²) in [5, 5.41) is 0. The number of hydrogen-bond donors (Lipinski definition) is 1. The predicted molar refractivity (Wildman–Crippen MR) is 74.2 cm³/mol. The zero-order valence-corrected chi connectivity index (χ0v) is 12.1. The molecule has 0 radical (unpaired) electrons. The van der Waals surface area contributed by atoms with E-state index in [9.17, 15) is 8.42 Å². The van der Waals surface area contributed by atoms with Crippen LogP contribution in [0.25, 0.3) is 0 Å². The van der Waals surface area contributed by atoms with Crippen molar-refractivity contribution in [3.05, 3.63) is 24.3 Å². The summed E-state index contributed by atoms with van der Waals surface area (Å²) in [5.41, 5.74) is 6.15. The van der Waals surface area contributed by atoms with Crippen LogP contribution >= 0.6 is 0 Å². The molecular formula is C13H20N2O3S. The average Bonchev–Trinajstić information content (AvgIpc) is 2.39. The fraction of sp³-hybridized carbons (Fsp3) is 0.538. The first-order chi connectivity index (χ1) is 8.95. The van der Waals surface area contributed by atoms with Crippen LogP contribution in [0.1, 0.15) is 20.3 Å². The van der Waals surface area contributed by atoms with E-state index in [0.717, 1.165) is 6.42 Å². The zero-order valence-electron chi connectivity index (χ0n) is 11.2. The van der Waals surface area contributed by atoms with E-state index in [2.05, 4.69) is 0 Å². The molecule has 1 fully saturated rings. The molecule has 0 spiro atoms. The summed E-state index contributed by atoms with van der Waals surface area (Å²) in [6, 6.07) is 6.23. The summed E-state index contributed by atoms with van der Waals surface area (Å²) in [5.74, 6) is 0. The molecule has 0 saturated carbocycles. The third-order valence-corrected chi connectivity index (χ3v) is 5.31. The van der Waals surface area contributed by atoms with E-state index in [1.54, 1.807) is 28.6 Å². The number of nitrogen functional groups attached to an aromatic ring is 1. The minimum atomic E-state index is -3.48. The van der Waals surface area contributed by atoms with Gasteiger partial charge in [0.1, 0.15) is 0 Å². The first-order valence-electron chi connectivity index (χ1n) is 6.44. The molecule has 1 saturated heterocycles. The highest BCUT2D eigenvalue weighted by atomic mass is 32.2. The summed E-state index contributed by atoms with van der Waals surface area (Å²) < 4.78 is 32.4. The van der Waals surface area contributed by atoms with E-state index in [-0.39, 0.29) is 17.0 Å². The Balaban J connectivity index is 2.33. The molecule has 1 aliphatic rings. The first-order valence-corrected chi connectivity index (χ1v) is 7.88. The van der Waals surface area contributed by atoms with Crippen LogP contribution in [0.4, 0.5) is 5.69 Å². The van der Waals surface area contributed by atoms with Gasteiger partial charge < -0.3 is 10.5 Å². The van der Waals surface area contributed by atoms with Gasteiger partial charge in [0.25, 0.3) is 0 Å². The summed E-state index contributed by atoms with van der Waals surface area (Å²) in [4.78, 5) is 0.286. The molecule has 2 N–H and O–H groups in total. The number of rotatable bonds is 3. The Hall–Kier alpha value is -1.11. The van der Waals surface area contributed by atoms with E-state index >= 15 is 0 Å². The summed E-state index contributed by atoms with van der Waals surface area (Å²) in [6.45, 7) is 4.70. The lowest BCUT2D eigenvalue weighted by Crippen LogP contribution is -2.51. The molecular weight excluding hydrogens is 264 g/mol. The molecule has 6 heteroatoms. The van der Waals surface area contributed by atoms with Gasteiger partial charge in [-0.1, -0.05) is 6.92 Å². The third kappa shape index (κ3) is 2.91. The molecule has 2 atom stereocenters. The van der Waals surface area contributed by atoms with Gasteiger partial charge in [0.15, 0.2) is 0 Å². The Morgan fingerprint density at radius 2 is 2.00 bits per heavy atom. The van der Waals surface area contributed by atoms with Crippen LogP contribution in [0, 0.1) is 0 Å². The van der Waals surface area contributed by atoms with Crippen LogP contribution in [-0.2, 0) is 14.8 Å². The van der Waals surface area contributed by atoms with Gasteiger partial charge in [0.05, 0.1) is 17.6 Å². The molecule has 0 aliphatic carbocycles. The van der Waals surface area contributed by atoms with E-state index in [0.29, 0.717) is 18.8 Å². The first kappa shape index (κ1) is 14.3. The van der Waals surface area contributed by atoms with Crippen molar-refractivity contribution >= 4 is 15.7 Å². The quantitative estimate of drug-likeness (QED) is 0.853. The van der Waals surface area contributed by atoms with Crippen molar-refractivity contribution in [3.8, 4) is 0 Å². The molecule has 1 aromatic carbocycles. The Morgan fingerprint density at radius 1 is 1.37 bits per heavy atom. The number of morpholine rings is 1. The van der Waals surface area contributed by atoms with Gasteiger partial charge in [0, 0.05) is 18.3 Å². The smallest absolute Gasteiger partial charge is 0.243 e. The van der Waals surface area contributed by atoms with Crippen molar-refractivity contribution in [2.24, 2.45) is 0 Å². The largest absolute Gasteiger partial charge is 0.399 e. The van der Waals surface area contributed by atoms with Gasteiger partial charge in [-0.05, 0) is 37.6 Å².